The quantitative estimate of drug-likeness (QED) is 0.740. The summed E-state index contributed by atoms with van der Waals surface area (Å²) >= 11 is 1.23. The highest BCUT2D eigenvalue weighted by Gasteiger charge is 2.08. The van der Waals surface area contributed by atoms with Gasteiger partial charge in [0.05, 0.1) is 5.75 Å². The highest BCUT2D eigenvalue weighted by Crippen LogP contribution is 2.19. The van der Waals surface area contributed by atoms with Crippen LogP contribution in [0.5, 0.6) is 0 Å². The number of aromatic amines is 1. The average molecular weight is 277 g/mol. The van der Waals surface area contributed by atoms with Crippen LogP contribution in [-0.4, -0.2) is 26.8 Å². The van der Waals surface area contributed by atoms with E-state index in [2.05, 4.69) is 20.5 Å². The number of anilines is 2. The second kappa shape index (κ2) is 5.75. The van der Waals surface area contributed by atoms with Crippen molar-refractivity contribution >= 4 is 29.3 Å². The summed E-state index contributed by atoms with van der Waals surface area (Å²) in [6.07, 6.45) is 0. The van der Waals surface area contributed by atoms with Gasteiger partial charge in [0.2, 0.25) is 17.0 Å². The lowest BCUT2D eigenvalue weighted by molar-refractivity contribution is -0.113. The number of nitrogens with one attached hydrogen (secondary N) is 2. The van der Waals surface area contributed by atoms with Gasteiger partial charge in [-0.1, -0.05) is 23.9 Å². The van der Waals surface area contributed by atoms with Crippen molar-refractivity contribution in [2.24, 2.45) is 0 Å². The lowest BCUT2D eigenvalue weighted by atomic mass is 10.1. The largest absolute Gasteiger partial charge is 0.368 e. The van der Waals surface area contributed by atoms with Crippen molar-refractivity contribution in [3.63, 3.8) is 0 Å². The van der Waals surface area contributed by atoms with Gasteiger partial charge in [-0.15, -0.1) is 5.10 Å². The smallest absolute Gasteiger partial charge is 0.234 e. The Bertz CT molecular complexity index is 596. The van der Waals surface area contributed by atoms with E-state index in [0.29, 0.717) is 5.16 Å². The van der Waals surface area contributed by atoms with Crippen LogP contribution in [0.25, 0.3) is 0 Å². The molecule has 6 nitrogen and oxygen atoms in total. The lowest BCUT2D eigenvalue weighted by Gasteiger charge is -2.09. The normalized spacial score (nSPS) is 10.4. The lowest BCUT2D eigenvalue weighted by Crippen LogP contribution is -2.15. The number of amides is 1. The van der Waals surface area contributed by atoms with Crippen molar-refractivity contribution in [2.75, 3.05) is 16.8 Å². The molecular formula is C12H15N5OS. The van der Waals surface area contributed by atoms with E-state index >= 15 is 0 Å². The fourth-order valence-corrected chi connectivity index (χ4v) is 2.13. The van der Waals surface area contributed by atoms with E-state index in [1.54, 1.807) is 0 Å². The van der Waals surface area contributed by atoms with Crippen LogP contribution in [0.1, 0.15) is 11.1 Å². The van der Waals surface area contributed by atoms with Gasteiger partial charge >= 0.3 is 0 Å². The molecule has 1 heterocycles. The van der Waals surface area contributed by atoms with Crippen LogP contribution in [0, 0.1) is 13.8 Å². The molecule has 0 aliphatic heterocycles. The molecule has 7 heteroatoms. The molecule has 0 saturated carbocycles. The summed E-state index contributed by atoms with van der Waals surface area (Å²) < 4.78 is 0. The van der Waals surface area contributed by atoms with Crippen LogP contribution >= 0.6 is 11.8 Å². The number of aromatic nitrogens is 3. The number of rotatable bonds is 4. The Labute approximate surface area is 115 Å². The molecule has 0 radical (unpaired) electrons. The summed E-state index contributed by atoms with van der Waals surface area (Å²) in [5.74, 6) is 0.393. The minimum atomic E-state index is -0.0953. The molecule has 1 amide bonds. The number of carbonyl (C=O) groups excluding carboxylic acids is 1. The Morgan fingerprint density at radius 1 is 1.47 bits per heavy atom. The van der Waals surface area contributed by atoms with Crippen LogP contribution in [-0.2, 0) is 4.79 Å². The number of H-pyrrole nitrogens is 1. The maximum absolute atomic E-state index is 11.8. The molecule has 0 saturated heterocycles. The van der Waals surface area contributed by atoms with Gasteiger partial charge in [-0.3, -0.25) is 4.79 Å². The monoisotopic (exact) mass is 277 g/mol. The number of carbonyl (C=O) groups is 1. The van der Waals surface area contributed by atoms with Crippen molar-refractivity contribution in [1.29, 1.82) is 0 Å². The number of benzene rings is 1. The molecule has 0 unspecified atom stereocenters. The van der Waals surface area contributed by atoms with E-state index in [9.17, 15) is 4.79 Å². The molecule has 2 rings (SSSR count). The third kappa shape index (κ3) is 3.47. The van der Waals surface area contributed by atoms with E-state index in [-0.39, 0.29) is 17.6 Å². The Kier molecular flexibility index (Phi) is 4.06. The Balaban J connectivity index is 1.92. The zero-order valence-electron chi connectivity index (χ0n) is 10.7. The molecule has 100 valence electrons. The summed E-state index contributed by atoms with van der Waals surface area (Å²) in [7, 11) is 0. The highest BCUT2D eigenvalue weighted by atomic mass is 32.2. The SMILES string of the molecule is Cc1cccc(NC(=O)CSc2n[nH]c(N)n2)c1C. The second-order valence-corrected chi connectivity index (χ2v) is 5.03. The molecule has 0 fully saturated rings. The molecule has 0 bridgehead atoms. The first-order valence-electron chi connectivity index (χ1n) is 5.73. The van der Waals surface area contributed by atoms with Gasteiger partial charge < -0.3 is 11.1 Å². The maximum atomic E-state index is 11.8. The van der Waals surface area contributed by atoms with Crippen molar-refractivity contribution in [2.45, 2.75) is 19.0 Å². The number of hydrogen-bond acceptors (Lipinski definition) is 5. The van der Waals surface area contributed by atoms with Gasteiger partial charge in [-0.25, -0.2) is 5.10 Å². The molecule has 2 aromatic rings. The molecule has 4 N–H and O–H groups in total. The Morgan fingerprint density at radius 3 is 2.95 bits per heavy atom. The molecule has 1 aromatic carbocycles. The van der Waals surface area contributed by atoms with Crippen molar-refractivity contribution < 1.29 is 4.79 Å². The summed E-state index contributed by atoms with van der Waals surface area (Å²) in [6.45, 7) is 3.99. The molecule has 0 spiro atoms. The van der Waals surface area contributed by atoms with Crippen molar-refractivity contribution in [1.82, 2.24) is 15.2 Å². The van der Waals surface area contributed by atoms with Crippen LogP contribution in [0.15, 0.2) is 23.4 Å². The first kappa shape index (κ1) is 13.4. The molecule has 1 aromatic heterocycles. The molecule has 0 aliphatic rings. The molecule has 19 heavy (non-hydrogen) atoms. The number of thioether (sulfide) groups is 1. The minimum Gasteiger partial charge on any atom is -0.368 e. The Morgan fingerprint density at radius 2 is 2.26 bits per heavy atom. The first-order chi connectivity index (χ1) is 9.06. The maximum Gasteiger partial charge on any atom is 0.234 e. The topological polar surface area (TPSA) is 96.7 Å². The number of nitrogens with zero attached hydrogens (tertiary/aromatic N) is 2. The van der Waals surface area contributed by atoms with Crippen LogP contribution in [0.4, 0.5) is 11.6 Å². The van der Waals surface area contributed by atoms with Gasteiger partial charge in [0.15, 0.2) is 0 Å². The van der Waals surface area contributed by atoms with E-state index in [1.165, 1.54) is 11.8 Å². The van der Waals surface area contributed by atoms with Gasteiger partial charge in [0.25, 0.3) is 0 Å². The molecule has 0 aliphatic carbocycles. The second-order valence-electron chi connectivity index (χ2n) is 4.09. The fraction of sp³-hybridized carbons (Fsp3) is 0.250. The van der Waals surface area contributed by atoms with Crippen molar-refractivity contribution in [3.05, 3.63) is 29.3 Å². The fourth-order valence-electron chi connectivity index (χ4n) is 1.53. The van der Waals surface area contributed by atoms with Crippen LogP contribution in [0.3, 0.4) is 0 Å². The van der Waals surface area contributed by atoms with E-state index in [4.69, 9.17) is 5.73 Å². The highest BCUT2D eigenvalue weighted by molar-refractivity contribution is 7.99. The predicted octanol–water partition coefficient (Wildman–Crippen LogP) is 1.73. The first-order valence-corrected chi connectivity index (χ1v) is 6.71. The summed E-state index contributed by atoms with van der Waals surface area (Å²) in [6, 6.07) is 5.81. The minimum absolute atomic E-state index is 0.0953. The van der Waals surface area contributed by atoms with Gasteiger partial charge in [-0.2, -0.15) is 4.98 Å². The predicted molar refractivity (Wildman–Crippen MR) is 76.1 cm³/mol. The Hall–Kier alpha value is -2.02. The number of nitrogen functional groups attached to an aromatic ring is 1. The number of nitrogens with two attached hydrogens (primary N) is 1. The average Bonchev–Trinajstić information content (AvgIpc) is 2.78. The summed E-state index contributed by atoms with van der Waals surface area (Å²) in [4.78, 5) is 15.7. The molecule has 0 atom stereocenters. The van der Waals surface area contributed by atoms with Crippen LogP contribution in [0.2, 0.25) is 0 Å². The zero-order valence-corrected chi connectivity index (χ0v) is 11.5. The van der Waals surface area contributed by atoms with Crippen LogP contribution < -0.4 is 11.1 Å². The number of hydrogen-bond donors (Lipinski definition) is 3. The third-order valence-corrected chi connectivity index (χ3v) is 3.54. The van der Waals surface area contributed by atoms with Gasteiger partial charge in [0, 0.05) is 5.69 Å². The van der Waals surface area contributed by atoms with Gasteiger partial charge in [-0.05, 0) is 31.0 Å². The van der Waals surface area contributed by atoms with E-state index < -0.39 is 0 Å². The molecular weight excluding hydrogens is 262 g/mol. The third-order valence-electron chi connectivity index (χ3n) is 2.69. The van der Waals surface area contributed by atoms with E-state index in [0.717, 1.165) is 16.8 Å². The van der Waals surface area contributed by atoms with Crippen molar-refractivity contribution in [3.8, 4) is 0 Å². The van der Waals surface area contributed by atoms with E-state index in [1.807, 2.05) is 32.0 Å². The standard InChI is InChI=1S/C12H15N5OS/c1-7-4-3-5-9(8(7)2)14-10(18)6-19-12-15-11(13)16-17-12/h3-5H,6H2,1-2H3,(H,14,18)(H3,13,15,16,17). The number of aryl methyl sites for hydroxylation is 1. The summed E-state index contributed by atoms with van der Waals surface area (Å²) in [5.41, 5.74) is 8.45. The summed E-state index contributed by atoms with van der Waals surface area (Å²) in [5, 5.41) is 9.71. The zero-order chi connectivity index (χ0) is 13.8. The van der Waals surface area contributed by atoms with Gasteiger partial charge in [0.1, 0.15) is 0 Å².